The van der Waals surface area contributed by atoms with Crippen molar-refractivity contribution < 1.29 is 0 Å². The number of aryl methyl sites for hydroxylation is 1. The predicted molar refractivity (Wildman–Crippen MR) is 77.0 cm³/mol. The van der Waals surface area contributed by atoms with Gasteiger partial charge in [0.15, 0.2) is 5.82 Å². The van der Waals surface area contributed by atoms with E-state index in [2.05, 4.69) is 17.2 Å². The Hall–Kier alpha value is -1.45. The molecule has 0 radical (unpaired) electrons. The molecule has 0 saturated heterocycles. The van der Waals surface area contributed by atoms with Gasteiger partial charge in [0.2, 0.25) is 0 Å². The highest BCUT2D eigenvalue weighted by Gasteiger charge is 2.18. The summed E-state index contributed by atoms with van der Waals surface area (Å²) in [5, 5.41) is 4.09. The number of aromatic nitrogens is 2. The minimum atomic E-state index is 0.736. The van der Waals surface area contributed by atoms with Gasteiger partial charge in [-0.2, -0.15) is 0 Å². The molecule has 2 aromatic rings. The predicted octanol–water partition coefficient (Wildman–Crippen LogP) is 3.35. The fourth-order valence-corrected chi connectivity index (χ4v) is 2.54. The van der Waals surface area contributed by atoms with Gasteiger partial charge in [0, 0.05) is 34.9 Å². The van der Waals surface area contributed by atoms with Crippen molar-refractivity contribution in [3.63, 3.8) is 0 Å². The van der Waals surface area contributed by atoms with Crippen LogP contribution in [0.25, 0.3) is 11.4 Å². The molecule has 19 heavy (non-hydrogen) atoms. The number of halogens is 1. The topological polar surface area (TPSA) is 37.8 Å². The summed E-state index contributed by atoms with van der Waals surface area (Å²) < 4.78 is 0. The van der Waals surface area contributed by atoms with Gasteiger partial charge in [-0.25, -0.2) is 9.97 Å². The third-order valence-electron chi connectivity index (χ3n) is 3.36. The normalized spacial score (nSPS) is 13.6. The maximum atomic E-state index is 5.92. The Morgan fingerprint density at radius 3 is 2.68 bits per heavy atom. The second-order valence-electron chi connectivity index (χ2n) is 4.78. The van der Waals surface area contributed by atoms with Crippen molar-refractivity contribution in [2.45, 2.75) is 32.9 Å². The first kappa shape index (κ1) is 12.6. The summed E-state index contributed by atoms with van der Waals surface area (Å²) in [6, 6.07) is 7.71. The first-order valence-electron chi connectivity index (χ1n) is 6.63. The molecule has 1 aliphatic rings. The lowest BCUT2D eigenvalue weighted by Gasteiger charge is -2.09. The van der Waals surface area contributed by atoms with Gasteiger partial charge in [-0.15, -0.1) is 0 Å². The number of nitrogens with zero attached hydrogens (tertiary/aromatic N) is 2. The van der Waals surface area contributed by atoms with Gasteiger partial charge < -0.3 is 5.32 Å². The molecule has 3 nitrogen and oxygen atoms in total. The van der Waals surface area contributed by atoms with E-state index in [0.717, 1.165) is 48.0 Å². The maximum Gasteiger partial charge on any atom is 0.159 e. The zero-order chi connectivity index (χ0) is 13.2. The lowest BCUT2D eigenvalue weighted by atomic mass is 10.1. The standard InChI is InChI=1S/C15H16ClN3/c1-2-3-13-12-8-17-9-14(12)19-15(18-13)10-4-6-11(16)7-5-10/h4-7,17H,2-3,8-9H2,1H3. The van der Waals surface area contributed by atoms with E-state index in [1.807, 2.05) is 24.3 Å². The molecule has 0 fully saturated rings. The number of rotatable bonds is 3. The largest absolute Gasteiger partial charge is 0.307 e. The molecule has 0 unspecified atom stereocenters. The van der Waals surface area contributed by atoms with E-state index in [1.165, 1.54) is 11.3 Å². The van der Waals surface area contributed by atoms with Crippen LogP contribution in [0.4, 0.5) is 0 Å². The second-order valence-corrected chi connectivity index (χ2v) is 5.22. The fraction of sp³-hybridized carbons (Fsp3) is 0.333. The Morgan fingerprint density at radius 1 is 1.16 bits per heavy atom. The zero-order valence-electron chi connectivity index (χ0n) is 10.9. The molecular weight excluding hydrogens is 258 g/mol. The van der Waals surface area contributed by atoms with Crippen LogP contribution in [0.3, 0.4) is 0 Å². The molecule has 0 bridgehead atoms. The van der Waals surface area contributed by atoms with Crippen LogP contribution in [-0.2, 0) is 19.5 Å². The number of hydrogen-bond acceptors (Lipinski definition) is 3. The van der Waals surface area contributed by atoms with Crippen LogP contribution in [0, 0.1) is 0 Å². The van der Waals surface area contributed by atoms with E-state index in [9.17, 15) is 0 Å². The molecule has 0 spiro atoms. The van der Waals surface area contributed by atoms with Crippen LogP contribution in [0.5, 0.6) is 0 Å². The monoisotopic (exact) mass is 273 g/mol. The van der Waals surface area contributed by atoms with Crippen molar-refractivity contribution in [3.05, 3.63) is 46.2 Å². The van der Waals surface area contributed by atoms with E-state index >= 15 is 0 Å². The van der Waals surface area contributed by atoms with Gasteiger partial charge in [-0.3, -0.25) is 0 Å². The van der Waals surface area contributed by atoms with E-state index in [0.29, 0.717) is 0 Å². The summed E-state index contributed by atoms with van der Waals surface area (Å²) in [5.41, 5.74) is 4.64. The van der Waals surface area contributed by atoms with E-state index < -0.39 is 0 Å². The van der Waals surface area contributed by atoms with Gasteiger partial charge in [-0.05, 0) is 30.7 Å². The molecule has 0 amide bonds. The molecule has 4 heteroatoms. The van der Waals surface area contributed by atoms with Gasteiger partial charge in [0.05, 0.1) is 5.69 Å². The fourth-order valence-electron chi connectivity index (χ4n) is 2.41. The molecule has 3 rings (SSSR count). The molecule has 1 aliphatic heterocycles. The highest BCUT2D eigenvalue weighted by molar-refractivity contribution is 6.30. The van der Waals surface area contributed by atoms with Gasteiger partial charge in [0.25, 0.3) is 0 Å². The molecule has 1 aromatic heterocycles. The highest BCUT2D eigenvalue weighted by atomic mass is 35.5. The van der Waals surface area contributed by atoms with Gasteiger partial charge in [0.1, 0.15) is 0 Å². The Bertz CT molecular complexity index is 593. The minimum absolute atomic E-state index is 0.736. The molecule has 0 aliphatic carbocycles. The van der Waals surface area contributed by atoms with E-state index in [4.69, 9.17) is 16.6 Å². The van der Waals surface area contributed by atoms with Crippen LogP contribution in [0.2, 0.25) is 5.02 Å². The lowest BCUT2D eigenvalue weighted by molar-refractivity contribution is 0.753. The third kappa shape index (κ3) is 2.48. The van der Waals surface area contributed by atoms with Crippen LogP contribution >= 0.6 is 11.6 Å². The smallest absolute Gasteiger partial charge is 0.159 e. The average molecular weight is 274 g/mol. The van der Waals surface area contributed by atoms with E-state index in [-0.39, 0.29) is 0 Å². The number of nitrogens with one attached hydrogen (secondary N) is 1. The molecule has 0 saturated carbocycles. The number of benzene rings is 1. The van der Waals surface area contributed by atoms with Crippen molar-refractivity contribution in [2.24, 2.45) is 0 Å². The summed E-state index contributed by atoms with van der Waals surface area (Å²) in [7, 11) is 0. The van der Waals surface area contributed by atoms with Crippen LogP contribution < -0.4 is 5.32 Å². The minimum Gasteiger partial charge on any atom is -0.307 e. The Balaban J connectivity index is 2.07. The molecule has 98 valence electrons. The molecule has 2 heterocycles. The SMILES string of the molecule is CCCc1nc(-c2ccc(Cl)cc2)nc2c1CNC2. The van der Waals surface area contributed by atoms with Crippen molar-refractivity contribution in [2.75, 3.05) is 0 Å². The molecular formula is C15H16ClN3. The summed E-state index contributed by atoms with van der Waals surface area (Å²) in [6.07, 6.45) is 2.11. The second kappa shape index (κ2) is 5.27. The van der Waals surface area contributed by atoms with Crippen LogP contribution in [-0.4, -0.2) is 9.97 Å². The van der Waals surface area contributed by atoms with Gasteiger partial charge in [-0.1, -0.05) is 24.9 Å². The summed E-state index contributed by atoms with van der Waals surface area (Å²) in [4.78, 5) is 9.42. The van der Waals surface area contributed by atoms with Crippen molar-refractivity contribution in [1.29, 1.82) is 0 Å². The van der Waals surface area contributed by atoms with Crippen LogP contribution in [0.15, 0.2) is 24.3 Å². The maximum absolute atomic E-state index is 5.92. The third-order valence-corrected chi connectivity index (χ3v) is 3.61. The van der Waals surface area contributed by atoms with Crippen molar-refractivity contribution in [1.82, 2.24) is 15.3 Å². The van der Waals surface area contributed by atoms with Crippen molar-refractivity contribution >= 4 is 11.6 Å². The number of hydrogen-bond donors (Lipinski definition) is 1. The molecule has 1 aromatic carbocycles. The Morgan fingerprint density at radius 2 is 1.95 bits per heavy atom. The molecule has 1 N–H and O–H groups in total. The average Bonchev–Trinajstić information content (AvgIpc) is 2.88. The Kier molecular flexibility index (Phi) is 3.49. The van der Waals surface area contributed by atoms with E-state index in [1.54, 1.807) is 0 Å². The number of fused-ring (bicyclic) bond motifs is 1. The quantitative estimate of drug-likeness (QED) is 0.932. The summed E-state index contributed by atoms with van der Waals surface area (Å²) >= 11 is 5.92. The molecule has 0 atom stereocenters. The highest BCUT2D eigenvalue weighted by Crippen LogP contribution is 2.24. The first-order valence-corrected chi connectivity index (χ1v) is 7.01. The zero-order valence-corrected chi connectivity index (χ0v) is 11.7. The first-order chi connectivity index (χ1) is 9.28. The van der Waals surface area contributed by atoms with Gasteiger partial charge >= 0.3 is 0 Å². The lowest BCUT2D eigenvalue weighted by Crippen LogP contribution is -2.03. The summed E-state index contributed by atoms with van der Waals surface area (Å²) in [5.74, 6) is 0.808. The summed E-state index contributed by atoms with van der Waals surface area (Å²) in [6.45, 7) is 3.92. The van der Waals surface area contributed by atoms with Crippen molar-refractivity contribution in [3.8, 4) is 11.4 Å². The Labute approximate surface area is 118 Å². The van der Waals surface area contributed by atoms with Crippen LogP contribution in [0.1, 0.15) is 30.3 Å².